The molecule has 0 aliphatic rings. The Morgan fingerprint density at radius 3 is 2.53 bits per heavy atom. The van der Waals surface area contributed by atoms with Crippen molar-refractivity contribution in [1.29, 1.82) is 0 Å². The Balaban J connectivity index is 1.15. The number of hydrogen-bond acceptors (Lipinski definition) is 4. The van der Waals surface area contributed by atoms with Crippen molar-refractivity contribution in [3.05, 3.63) is 117 Å². The quantitative estimate of drug-likeness (QED) is 0.192. The number of anilines is 1. The summed E-state index contributed by atoms with van der Waals surface area (Å²) in [5, 5.41) is 12.5. The SMILES string of the molecule is O=C(NCc1ccc(CNc2cc(-c3ccccc3Cl)nc3c(Br)cnn23)cc1)c1c[nH]c2ccccc12. The van der Waals surface area contributed by atoms with Crippen molar-refractivity contribution in [1.82, 2.24) is 24.9 Å². The van der Waals surface area contributed by atoms with Crippen molar-refractivity contribution in [3.63, 3.8) is 0 Å². The molecule has 0 unspecified atom stereocenters. The molecule has 0 fully saturated rings. The van der Waals surface area contributed by atoms with Crippen LogP contribution in [0.1, 0.15) is 21.5 Å². The molecule has 188 valence electrons. The maximum Gasteiger partial charge on any atom is 0.253 e. The average Bonchev–Trinajstić information content (AvgIpc) is 3.55. The minimum Gasteiger partial charge on any atom is -0.366 e. The first-order valence-electron chi connectivity index (χ1n) is 12.0. The number of hydrogen-bond donors (Lipinski definition) is 3. The summed E-state index contributed by atoms with van der Waals surface area (Å²) in [5.41, 5.74) is 6.01. The van der Waals surface area contributed by atoms with E-state index in [2.05, 4.69) is 36.6 Å². The number of aromatic nitrogens is 4. The van der Waals surface area contributed by atoms with Crippen molar-refractivity contribution >= 4 is 55.8 Å². The van der Waals surface area contributed by atoms with Crippen LogP contribution in [0, 0.1) is 0 Å². The third-order valence-corrected chi connectivity index (χ3v) is 7.25. The number of nitrogens with one attached hydrogen (secondary N) is 3. The Morgan fingerprint density at radius 1 is 0.974 bits per heavy atom. The monoisotopic (exact) mass is 584 g/mol. The maximum absolute atomic E-state index is 12.7. The number of rotatable bonds is 7. The second kappa shape index (κ2) is 10.3. The summed E-state index contributed by atoms with van der Waals surface area (Å²) in [4.78, 5) is 20.6. The molecular weight excluding hydrogens is 564 g/mol. The molecule has 3 aromatic heterocycles. The zero-order valence-corrected chi connectivity index (χ0v) is 22.4. The fourth-order valence-corrected chi connectivity index (χ4v) is 4.95. The molecule has 7 nitrogen and oxygen atoms in total. The number of aromatic amines is 1. The molecule has 38 heavy (non-hydrogen) atoms. The second-order valence-corrected chi connectivity index (χ2v) is 10.1. The summed E-state index contributed by atoms with van der Waals surface area (Å²) >= 11 is 9.98. The molecule has 3 heterocycles. The van der Waals surface area contributed by atoms with Gasteiger partial charge in [-0.3, -0.25) is 4.79 Å². The first-order valence-corrected chi connectivity index (χ1v) is 13.2. The van der Waals surface area contributed by atoms with Gasteiger partial charge in [0.05, 0.1) is 21.9 Å². The second-order valence-electron chi connectivity index (χ2n) is 8.84. The van der Waals surface area contributed by atoms with Crippen molar-refractivity contribution < 1.29 is 4.79 Å². The van der Waals surface area contributed by atoms with Crippen LogP contribution < -0.4 is 10.6 Å². The van der Waals surface area contributed by atoms with E-state index >= 15 is 0 Å². The van der Waals surface area contributed by atoms with Gasteiger partial charge in [0.25, 0.3) is 5.91 Å². The van der Waals surface area contributed by atoms with E-state index in [0.29, 0.717) is 29.3 Å². The van der Waals surface area contributed by atoms with Crippen LogP contribution >= 0.6 is 27.5 Å². The highest BCUT2D eigenvalue weighted by Gasteiger charge is 2.14. The summed E-state index contributed by atoms with van der Waals surface area (Å²) in [7, 11) is 0. The number of nitrogens with zero attached hydrogens (tertiary/aromatic N) is 3. The Hall–Kier alpha value is -4.14. The van der Waals surface area contributed by atoms with E-state index < -0.39 is 0 Å². The van der Waals surface area contributed by atoms with E-state index in [1.54, 1.807) is 16.9 Å². The molecule has 0 aliphatic heterocycles. The van der Waals surface area contributed by atoms with Crippen molar-refractivity contribution in [2.24, 2.45) is 0 Å². The molecule has 9 heteroatoms. The van der Waals surface area contributed by atoms with Crippen LogP contribution in [-0.4, -0.2) is 25.5 Å². The minimum absolute atomic E-state index is 0.102. The first-order chi connectivity index (χ1) is 18.6. The number of benzene rings is 3. The Kier molecular flexibility index (Phi) is 6.57. The molecule has 1 amide bonds. The maximum atomic E-state index is 12.7. The Morgan fingerprint density at radius 2 is 1.71 bits per heavy atom. The number of amides is 1. The highest BCUT2D eigenvalue weighted by atomic mass is 79.9. The molecule has 0 spiro atoms. The number of carbonyl (C=O) groups is 1. The van der Waals surface area contributed by atoms with E-state index in [-0.39, 0.29) is 5.91 Å². The summed E-state index contributed by atoms with van der Waals surface area (Å²) in [6.07, 6.45) is 3.48. The predicted molar refractivity (Wildman–Crippen MR) is 154 cm³/mol. The van der Waals surface area contributed by atoms with Gasteiger partial charge in [-0.05, 0) is 39.2 Å². The van der Waals surface area contributed by atoms with E-state index in [9.17, 15) is 4.79 Å². The lowest BCUT2D eigenvalue weighted by molar-refractivity contribution is 0.0952. The fourth-order valence-electron chi connectivity index (χ4n) is 4.37. The average molecular weight is 586 g/mol. The smallest absolute Gasteiger partial charge is 0.253 e. The van der Waals surface area contributed by atoms with Gasteiger partial charge in [-0.25, -0.2) is 4.98 Å². The van der Waals surface area contributed by atoms with Gasteiger partial charge in [0, 0.05) is 46.8 Å². The summed E-state index contributed by atoms with van der Waals surface area (Å²) in [6.45, 7) is 1.03. The zero-order chi connectivity index (χ0) is 26.1. The Labute approximate surface area is 232 Å². The van der Waals surface area contributed by atoms with Gasteiger partial charge in [0.1, 0.15) is 5.82 Å². The normalized spacial score (nSPS) is 11.2. The van der Waals surface area contributed by atoms with Gasteiger partial charge in [-0.15, -0.1) is 0 Å². The standard InChI is InChI=1S/C29H22BrClN6O/c30-23-17-35-37-27(13-26(36-28(23)37)21-6-1-3-7-24(21)31)33-14-18-9-11-19(12-10-18)15-34-29(38)22-16-32-25-8-4-2-5-20(22)25/h1-13,16-17,32-33H,14-15H2,(H,34,38). The molecule has 6 aromatic rings. The van der Waals surface area contributed by atoms with E-state index in [0.717, 1.165) is 43.6 Å². The van der Waals surface area contributed by atoms with E-state index in [4.69, 9.17) is 16.6 Å². The molecule has 0 aliphatic carbocycles. The highest BCUT2D eigenvalue weighted by molar-refractivity contribution is 9.10. The lowest BCUT2D eigenvalue weighted by Gasteiger charge is -2.12. The van der Waals surface area contributed by atoms with Crippen LogP contribution in [0.3, 0.4) is 0 Å². The fraction of sp³-hybridized carbons (Fsp3) is 0.0690. The largest absolute Gasteiger partial charge is 0.366 e. The lowest BCUT2D eigenvalue weighted by Crippen LogP contribution is -2.22. The number of halogens is 2. The summed E-state index contributed by atoms with van der Waals surface area (Å²) in [5.74, 6) is 0.695. The van der Waals surface area contributed by atoms with Gasteiger partial charge in [-0.2, -0.15) is 9.61 Å². The molecule has 6 rings (SSSR count). The molecule has 0 saturated heterocycles. The molecule has 3 aromatic carbocycles. The molecule has 0 radical (unpaired) electrons. The predicted octanol–water partition coefficient (Wildman–Crippen LogP) is 6.84. The zero-order valence-electron chi connectivity index (χ0n) is 20.1. The van der Waals surface area contributed by atoms with E-state index in [1.165, 1.54) is 0 Å². The van der Waals surface area contributed by atoms with Gasteiger partial charge >= 0.3 is 0 Å². The summed E-state index contributed by atoms with van der Waals surface area (Å²) < 4.78 is 2.56. The first kappa shape index (κ1) is 24.2. The third-order valence-electron chi connectivity index (χ3n) is 6.36. The van der Waals surface area contributed by atoms with Crippen LogP contribution in [0.2, 0.25) is 5.02 Å². The van der Waals surface area contributed by atoms with E-state index in [1.807, 2.05) is 78.9 Å². The summed E-state index contributed by atoms with van der Waals surface area (Å²) in [6, 6.07) is 25.5. The van der Waals surface area contributed by atoms with Crippen molar-refractivity contribution in [3.8, 4) is 11.3 Å². The van der Waals surface area contributed by atoms with Crippen molar-refractivity contribution in [2.75, 3.05) is 5.32 Å². The van der Waals surface area contributed by atoms with Crippen LogP contribution in [0.5, 0.6) is 0 Å². The van der Waals surface area contributed by atoms with Gasteiger partial charge in [0.15, 0.2) is 5.65 Å². The third kappa shape index (κ3) is 4.76. The molecular formula is C29H22BrClN6O. The van der Waals surface area contributed by atoms with Gasteiger partial charge in [-0.1, -0.05) is 72.3 Å². The minimum atomic E-state index is -0.102. The van der Waals surface area contributed by atoms with Crippen LogP contribution in [0.4, 0.5) is 5.82 Å². The number of carbonyl (C=O) groups excluding carboxylic acids is 1. The van der Waals surface area contributed by atoms with Crippen LogP contribution in [-0.2, 0) is 13.1 Å². The number of fused-ring (bicyclic) bond motifs is 2. The van der Waals surface area contributed by atoms with Crippen LogP contribution in [0.25, 0.3) is 27.8 Å². The van der Waals surface area contributed by atoms with Gasteiger partial charge < -0.3 is 15.6 Å². The van der Waals surface area contributed by atoms with Crippen LogP contribution in [0.15, 0.2) is 95.7 Å². The van der Waals surface area contributed by atoms with Crippen molar-refractivity contribution in [2.45, 2.75) is 13.1 Å². The Bertz CT molecular complexity index is 1780. The number of para-hydroxylation sites is 1. The molecule has 3 N–H and O–H groups in total. The highest BCUT2D eigenvalue weighted by Crippen LogP contribution is 2.30. The lowest BCUT2D eigenvalue weighted by atomic mass is 10.1. The topological polar surface area (TPSA) is 87.1 Å². The number of H-pyrrole nitrogens is 1. The molecule has 0 bridgehead atoms. The molecule has 0 saturated carbocycles. The van der Waals surface area contributed by atoms with Gasteiger partial charge in [0.2, 0.25) is 0 Å². The molecule has 0 atom stereocenters.